The summed E-state index contributed by atoms with van der Waals surface area (Å²) in [6.45, 7) is 71.7. The topological polar surface area (TPSA) is 121 Å². The van der Waals surface area contributed by atoms with Crippen molar-refractivity contribution in [2.75, 3.05) is 19.0 Å². The number of benzene rings is 4. The molecule has 4 rings (SSSR count). The molecule has 0 aliphatic carbocycles. The Morgan fingerprint density at radius 3 is 1.00 bits per heavy atom. The van der Waals surface area contributed by atoms with Crippen molar-refractivity contribution in [3.63, 3.8) is 0 Å². The van der Waals surface area contributed by atoms with Crippen molar-refractivity contribution in [2.45, 2.75) is 322 Å². The van der Waals surface area contributed by atoms with Crippen molar-refractivity contribution in [3.8, 4) is 0 Å². The molecule has 0 radical (unpaired) electrons. The molecule has 4 aromatic carbocycles. The second kappa shape index (κ2) is 59.3. The molecule has 0 saturated carbocycles. The van der Waals surface area contributed by atoms with Crippen LogP contribution < -0.4 is 0 Å². The van der Waals surface area contributed by atoms with Crippen molar-refractivity contribution >= 4 is 28.6 Å². The number of allylic oxidation sites excluding steroid dienone is 1. The van der Waals surface area contributed by atoms with Crippen LogP contribution in [0.2, 0.25) is 0 Å². The largest absolute Gasteiger partial charge is 0.396 e. The minimum atomic E-state index is -0.157. The highest BCUT2D eigenvalue weighted by atomic mass is 79.9. The molecule has 0 spiro atoms. The normalized spacial score (nSPS) is 11.1. The monoisotopic (exact) mass is 1390 g/mol. The fraction of sp³-hybridized carbons (Fsp3) is 0.694. The van der Waals surface area contributed by atoms with Crippen LogP contribution in [0.5, 0.6) is 0 Å². The van der Waals surface area contributed by atoms with Crippen LogP contribution in [-0.2, 0) is 49.1 Å². The van der Waals surface area contributed by atoms with E-state index in [1.165, 1.54) is 55.2 Å². The predicted molar refractivity (Wildman–Crippen MR) is 426 cm³/mol. The summed E-state index contributed by atoms with van der Waals surface area (Å²) in [6, 6.07) is 31.0. The zero-order valence-corrected chi connectivity index (χ0v) is 69.3. The molecule has 4 aromatic rings. The molecule has 93 heavy (non-hydrogen) atoms. The minimum absolute atomic E-state index is 0.0399. The summed E-state index contributed by atoms with van der Waals surface area (Å²) in [5, 5.41) is 53.5. The van der Waals surface area contributed by atoms with Crippen LogP contribution in [0.25, 0.3) is 0 Å². The van der Waals surface area contributed by atoms with Crippen molar-refractivity contribution in [1.29, 1.82) is 0 Å². The van der Waals surface area contributed by atoms with Crippen LogP contribution in [-0.4, -0.2) is 49.6 Å². The average molecular weight is 1390 g/mol. The van der Waals surface area contributed by atoms with Gasteiger partial charge >= 0.3 is 0 Å². The van der Waals surface area contributed by atoms with E-state index >= 15 is 0 Å². The Morgan fingerprint density at radius 2 is 0.785 bits per heavy atom. The molecule has 0 heterocycles. The summed E-state index contributed by atoms with van der Waals surface area (Å²) >= 11 is 7.47. The first-order chi connectivity index (χ1) is 42.4. The number of unbranched alkanes of at least 4 members (excludes halogenated alkanes) is 2. The summed E-state index contributed by atoms with van der Waals surface area (Å²) in [6.07, 6.45) is 14.1. The molecule has 6 nitrogen and oxygen atoms in total. The Kier molecular flexibility index (Phi) is 66.1. The van der Waals surface area contributed by atoms with E-state index in [1.54, 1.807) is 0 Å². The fourth-order valence-electron chi connectivity index (χ4n) is 7.14. The average Bonchev–Trinajstić information content (AvgIpc) is 0.827. The van der Waals surface area contributed by atoms with E-state index < -0.39 is 0 Å². The number of thiol groups is 1. The molecule has 0 atom stereocenters. The lowest BCUT2D eigenvalue weighted by Crippen LogP contribution is -2.14. The van der Waals surface area contributed by atoms with Gasteiger partial charge in [-0.1, -0.05) is 341 Å². The molecular formula is C85H157BrO6S. The Morgan fingerprint density at radius 1 is 0.441 bits per heavy atom. The molecule has 0 amide bonds. The van der Waals surface area contributed by atoms with Gasteiger partial charge in [0, 0.05) is 17.7 Å². The van der Waals surface area contributed by atoms with Gasteiger partial charge in [0.05, 0.1) is 26.4 Å². The van der Waals surface area contributed by atoms with E-state index in [0.717, 1.165) is 70.7 Å². The summed E-state index contributed by atoms with van der Waals surface area (Å²) in [7, 11) is 0. The van der Waals surface area contributed by atoms with Crippen molar-refractivity contribution < 1.29 is 30.6 Å². The first-order valence-corrected chi connectivity index (χ1v) is 36.8. The predicted octanol–water partition coefficient (Wildman–Crippen LogP) is 24.9. The van der Waals surface area contributed by atoms with E-state index in [2.05, 4.69) is 317 Å². The Hall–Kier alpha value is -2.79. The van der Waals surface area contributed by atoms with Gasteiger partial charge in [0.1, 0.15) is 0 Å². The fourth-order valence-corrected chi connectivity index (χ4v) is 7.92. The second-order valence-corrected chi connectivity index (χ2v) is 35.1. The van der Waals surface area contributed by atoms with Gasteiger partial charge in [0.15, 0.2) is 0 Å². The molecule has 0 unspecified atom stereocenters. The van der Waals surface area contributed by atoms with Gasteiger partial charge in [-0.2, -0.15) is 12.6 Å². The van der Waals surface area contributed by atoms with Crippen molar-refractivity contribution in [3.05, 3.63) is 153 Å². The summed E-state index contributed by atoms with van der Waals surface area (Å²) in [5.41, 5.74) is 9.89. The number of halogens is 1. The summed E-state index contributed by atoms with van der Waals surface area (Å²) < 4.78 is 1.14. The van der Waals surface area contributed by atoms with E-state index in [9.17, 15) is 15.3 Å². The third kappa shape index (κ3) is 81.6. The quantitative estimate of drug-likeness (QED) is 0.0321. The third-order valence-corrected chi connectivity index (χ3v) is 13.5. The molecule has 6 N–H and O–H groups in total. The molecule has 0 saturated heterocycles. The number of hydrogen-bond acceptors (Lipinski definition) is 7. The first kappa shape index (κ1) is 104. The summed E-state index contributed by atoms with van der Waals surface area (Å²) in [5.74, 6) is 5.00. The zero-order chi connectivity index (χ0) is 74.4. The van der Waals surface area contributed by atoms with Gasteiger partial charge in [0.2, 0.25) is 0 Å². The number of rotatable bonds is 17. The van der Waals surface area contributed by atoms with Gasteiger partial charge in [0.25, 0.3) is 0 Å². The number of aliphatic hydroxyl groups excluding tert-OH is 6. The molecular weight excluding hydrogens is 1230 g/mol. The second-order valence-electron chi connectivity index (χ2n) is 33.7. The van der Waals surface area contributed by atoms with Crippen LogP contribution in [0.15, 0.2) is 108 Å². The van der Waals surface area contributed by atoms with Gasteiger partial charge in [-0.15, -0.1) is 6.58 Å². The van der Waals surface area contributed by atoms with Crippen molar-refractivity contribution in [2.24, 2.45) is 45.8 Å². The minimum Gasteiger partial charge on any atom is -0.396 e. The smallest absolute Gasteiger partial charge is 0.0688 e. The lowest BCUT2D eigenvalue weighted by atomic mass is 9.83. The van der Waals surface area contributed by atoms with Gasteiger partial charge in [-0.05, 0) is 163 Å². The van der Waals surface area contributed by atoms with Crippen LogP contribution in [0.3, 0.4) is 0 Å². The van der Waals surface area contributed by atoms with Gasteiger partial charge in [-0.25, -0.2) is 0 Å². The van der Waals surface area contributed by atoms with E-state index in [0.29, 0.717) is 52.1 Å². The molecule has 0 aliphatic heterocycles. The maximum Gasteiger partial charge on any atom is 0.0688 e. The molecule has 546 valence electrons. The molecule has 0 aliphatic rings. The molecule has 0 fully saturated rings. The van der Waals surface area contributed by atoms with Gasteiger partial charge < -0.3 is 30.6 Å². The Bertz CT molecular complexity index is 2170. The highest BCUT2D eigenvalue weighted by Gasteiger charge is 2.18. The number of aliphatic hydroxyl groups is 6. The molecule has 0 bridgehead atoms. The maximum atomic E-state index is 9.27. The summed E-state index contributed by atoms with van der Waals surface area (Å²) in [4.78, 5) is 0. The lowest BCUT2D eigenvalue weighted by molar-refractivity contribution is 0.247. The zero-order valence-electron chi connectivity index (χ0n) is 66.9. The van der Waals surface area contributed by atoms with Crippen LogP contribution in [0, 0.1) is 45.8 Å². The Labute approximate surface area is 594 Å². The Balaban J connectivity index is -0.000000179. The standard InChI is InChI=1S/C13H20O3.C11H16O.C10H13Br.C10H14.C8H18.2C7H16O.C5H12S.C5H12.C5H10.C4H10/c1-13(2,3)11-4-9(6-14)12(8-16)10(5-11)7-15;1-11(2,3)10-6-4-9(8-12)5-7-10;1-10(2,3)8-4-6-9(11)7-5-8;1-9(2)8-10-6-4-3-5-7-10;1-4-5-6-7-8(2)3;2*1-7(2,3)5-4-6-8;1-5(2)3-4-6;1-5(2,3)4;1-4-5(2)3;1-4(2)3/h4-5,14-16H,6-8H2,1-3H3;4-7,12H,8H2,1-3H3;4-7H,1-3H3;3-7,9H,8H2,1-2H3;8H,4-7H2,1-3H3;2*8H,4-6H2,1-3H3;5-6H,3-4H2,1-2H3;1-4H3;4-5H,1H2,2-3H3;4H,1-3H3. The lowest BCUT2D eigenvalue weighted by Gasteiger charge is -2.22. The SMILES string of the molecule is C=CC(C)C.CC(C)(C)C.CC(C)(C)CCCO.CC(C)(C)CCCO.CC(C)(C)c1cc(CO)c(CO)c(CO)c1.CC(C)(C)c1ccc(Br)cc1.CC(C)(C)c1ccc(CO)cc1.CC(C)C.CC(C)CCS.CC(C)Cc1ccccc1.CCCCCC(C)C. The maximum absolute atomic E-state index is 9.27. The van der Waals surface area contributed by atoms with Crippen molar-refractivity contribution in [1.82, 2.24) is 0 Å². The van der Waals surface area contributed by atoms with E-state index in [1.807, 2.05) is 30.3 Å². The van der Waals surface area contributed by atoms with Gasteiger partial charge in [-0.3, -0.25) is 0 Å². The highest BCUT2D eigenvalue weighted by molar-refractivity contribution is 9.10. The van der Waals surface area contributed by atoms with E-state index in [4.69, 9.17) is 15.3 Å². The molecule has 0 aromatic heterocycles. The number of hydrogen-bond donors (Lipinski definition) is 7. The van der Waals surface area contributed by atoms with Crippen LogP contribution in [0.4, 0.5) is 0 Å². The molecule has 8 heteroatoms. The highest BCUT2D eigenvalue weighted by Crippen LogP contribution is 2.29. The third-order valence-electron chi connectivity index (χ3n) is 12.7. The van der Waals surface area contributed by atoms with E-state index in [-0.39, 0.29) is 42.7 Å². The first-order valence-electron chi connectivity index (χ1n) is 35.4. The van der Waals surface area contributed by atoms with Crippen LogP contribution >= 0.6 is 28.6 Å². The van der Waals surface area contributed by atoms with Crippen LogP contribution in [0.1, 0.15) is 317 Å².